The van der Waals surface area contributed by atoms with Gasteiger partial charge in [-0.1, -0.05) is 39.8 Å². The fourth-order valence-corrected chi connectivity index (χ4v) is 3.05. The van der Waals surface area contributed by atoms with Crippen molar-refractivity contribution in [3.63, 3.8) is 0 Å². The molecular weight excluding hydrogens is 294 g/mol. The van der Waals surface area contributed by atoms with Crippen LogP contribution in [0, 0.1) is 0 Å². The molecule has 0 fully saturated rings. The monoisotopic (exact) mass is 315 g/mol. The third-order valence-electron chi connectivity index (χ3n) is 3.54. The lowest BCUT2D eigenvalue weighted by atomic mass is 9.96. The molecule has 0 spiro atoms. The summed E-state index contributed by atoms with van der Waals surface area (Å²) in [5, 5.41) is 4.29. The van der Waals surface area contributed by atoms with E-state index in [2.05, 4.69) is 52.3 Å². The number of H-pyrrole nitrogens is 1. The Kier molecular flexibility index (Phi) is 3.87. The molecule has 0 amide bonds. The van der Waals surface area contributed by atoms with Crippen LogP contribution in [0.5, 0.6) is 0 Å². The van der Waals surface area contributed by atoms with Gasteiger partial charge in [0.15, 0.2) is 0 Å². The maximum atomic E-state index is 4.67. The van der Waals surface area contributed by atoms with Gasteiger partial charge in [-0.2, -0.15) is 4.37 Å². The molecule has 2 aromatic heterocycles. The first-order chi connectivity index (χ1) is 10.5. The van der Waals surface area contributed by atoms with E-state index < -0.39 is 0 Å². The van der Waals surface area contributed by atoms with E-state index in [4.69, 9.17) is 0 Å². The molecule has 3 rings (SSSR count). The number of hydrogen-bond donors (Lipinski definition) is 2. The van der Waals surface area contributed by atoms with Gasteiger partial charge in [-0.05, 0) is 18.6 Å². The van der Waals surface area contributed by atoms with E-state index in [1.807, 2.05) is 24.3 Å². The van der Waals surface area contributed by atoms with Gasteiger partial charge in [0.2, 0.25) is 5.13 Å². The maximum absolute atomic E-state index is 4.67. The van der Waals surface area contributed by atoms with Crippen molar-refractivity contribution in [2.24, 2.45) is 0 Å². The number of hydrogen-bond acceptors (Lipinski definition) is 5. The van der Waals surface area contributed by atoms with Crippen molar-refractivity contribution in [3.05, 3.63) is 35.9 Å². The molecule has 0 saturated carbocycles. The molecule has 6 heteroatoms. The molecule has 1 atom stereocenters. The fraction of sp³-hybridized carbons (Fsp3) is 0.438. The number of aromatic nitrogens is 4. The van der Waals surface area contributed by atoms with Crippen molar-refractivity contribution in [1.29, 1.82) is 0 Å². The summed E-state index contributed by atoms with van der Waals surface area (Å²) in [6, 6.07) is 8.18. The Morgan fingerprint density at radius 1 is 1.23 bits per heavy atom. The Hall–Kier alpha value is -1.95. The molecule has 3 aromatic rings. The number of imidazole rings is 1. The summed E-state index contributed by atoms with van der Waals surface area (Å²) in [6.45, 7) is 8.50. The van der Waals surface area contributed by atoms with Crippen LogP contribution >= 0.6 is 11.5 Å². The summed E-state index contributed by atoms with van der Waals surface area (Å²) in [5.74, 6) is 1.82. The quantitative estimate of drug-likeness (QED) is 0.754. The molecule has 2 N–H and O–H groups in total. The Morgan fingerprint density at radius 3 is 2.64 bits per heavy atom. The highest BCUT2D eigenvalue weighted by atomic mass is 32.1. The summed E-state index contributed by atoms with van der Waals surface area (Å²) in [6.07, 6.45) is 0.921. The molecule has 5 nitrogen and oxygen atoms in total. The van der Waals surface area contributed by atoms with Crippen LogP contribution in [0.4, 0.5) is 5.13 Å². The molecule has 1 aromatic carbocycles. The van der Waals surface area contributed by atoms with Gasteiger partial charge in [0.1, 0.15) is 11.6 Å². The number of benzene rings is 1. The average Bonchev–Trinajstić information content (AvgIpc) is 3.10. The van der Waals surface area contributed by atoms with Crippen molar-refractivity contribution < 1.29 is 0 Å². The van der Waals surface area contributed by atoms with E-state index in [1.54, 1.807) is 0 Å². The SMILES string of the molecule is CCC(Nc1nc(C(C)(C)C)ns1)c1nc2ccccc2[nH]1. The lowest BCUT2D eigenvalue weighted by Gasteiger charge is -2.14. The van der Waals surface area contributed by atoms with Gasteiger partial charge < -0.3 is 10.3 Å². The molecule has 116 valence electrons. The van der Waals surface area contributed by atoms with Crippen molar-refractivity contribution in [2.75, 3.05) is 5.32 Å². The Morgan fingerprint density at radius 2 is 2.00 bits per heavy atom. The summed E-state index contributed by atoms with van der Waals surface area (Å²) in [5.41, 5.74) is 2.02. The lowest BCUT2D eigenvalue weighted by Crippen LogP contribution is -2.14. The second-order valence-electron chi connectivity index (χ2n) is 6.42. The number of nitrogens with zero attached hydrogens (tertiary/aromatic N) is 3. The first-order valence-electron chi connectivity index (χ1n) is 7.52. The first-order valence-corrected chi connectivity index (χ1v) is 8.30. The van der Waals surface area contributed by atoms with Crippen molar-refractivity contribution in [1.82, 2.24) is 19.3 Å². The minimum absolute atomic E-state index is 0.0303. The second-order valence-corrected chi connectivity index (χ2v) is 7.17. The van der Waals surface area contributed by atoms with Crippen LogP contribution in [0.25, 0.3) is 11.0 Å². The van der Waals surface area contributed by atoms with Crippen LogP contribution in [-0.4, -0.2) is 19.3 Å². The van der Waals surface area contributed by atoms with Crippen LogP contribution < -0.4 is 5.32 Å². The van der Waals surface area contributed by atoms with E-state index in [-0.39, 0.29) is 11.5 Å². The van der Waals surface area contributed by atoms with E-state index in [0.717, 1.165) is 34.2 Å². The Balaban J connectivity index is 1.83. The van der Waals surface area contributed by atoms with Crippen molar-refractivity contribution in [3.8, 4) is 0 Å². The maximum Gasteiger partial charge on any atom is 0.203 e. The standard InChI is InChI=1S/C16H21N5S/c1-5-10(13-17-11-8-6-7-9-12(11)18-13)19-15-20-14(21-22-15)16(2,3)4/h6-10H,5H2,1-4H3,(H,17,18)(H,19,20,21). The number of anilines is 1. The molecule has 0 aliphatic rings. The minimum atomic E-state index is -0.0303. The molecule has 1 unspecified atom stereocenters. The topological polar surface area (TPSA) is 66.5 Å². The van der Waals surface area contributed by atoms with E-state index in [9.17, 15) is 0 Å². The molecular formula is C16H21N5S. The number of aromatic amines is 1. The molecule has 0 saturated heterocycles. The number of para-hydroxylation sites is 2. The van der Waals surface area contributed by atoms with Crippen LogP contribution in [0.1, 0.15) is 51.8 Å². The highest BCUT2D eigenvalue weighted by Crippen LogP contribution is 2.27. The van der Waals surface area contributed by atoms with Crippen LogP contribution in [0.15, 0.2) is 24.3 Å². The van der Waals surface area contributed by atoms with E-state index in [0.29, 0.717) is 0 Å². The van der Waals surface area contributed by atoms with Crippen molar-refractivity contribution >= 4 is 27.7 Å². The van der Waals surface area contributed by atoms with Gasteiger partial charge >= 0.3 is 0 Å². The zero-order valence-corrected chi connectivity index (χ0v) is 14.2. The molecule has 0 bridgehead atoms. The van der Waals surface area contributed by atoms with Gasteiger partial charge in [0.25, 0.3) is 0 Å². The molecule has 22 heavy (non-hydrogen) atoms. The number of nitrogens with one attached hydrogen (secondary N) is 2. The number of fused-ring (bicyclic) bond motifs is 1. The summed E-state index contributed by atoms with van der Waals surface area (Å²) >= 11 is 1.41. The number of rotatable bonds is 4. The largest absolute Gasteiger partial charge is 0.350 e. The first kappa shape index (κ1) is 15.0. The second kappa shape index (κ2) is 5.68. The van der Waals surface area contributed by atoms with Crippen molar-refractivity contribution in [2.45, 2.75) is 45.6 Å². The summed E-state index contributed by atoms with van der Waals surface area (Å²) in [4.78, 5) is 12.7. The van der Waals surface area contributed by atoms with Crippen LogP contribution in [0.3, 0.4) is 0 Å². The predicted octanol–water partition coefficient (Wildman–Crippen LogP) is 4.28. The van der Waals surface area contributed by atoms with Gasteiger partial charge in [-0.3, -0.25) is 0 Å². The van der Waals surface area contributed by atoms with E-state index in [1.165, 1.54) is 11.5 Å². The van der Waals surface area contributed by atoms with E-state index >= 15 is 0 Å². The van der Waals surface area contributed by atoms with Gasteiger partial charge in [0, 0.05) is 16.9 Å². The Bertz CT molecular complexity index is 735. The molecule has 0 aliphatic heterocycles. The minimum Gasteiger partial charge on any atom is -0.350 e. The predicted molar refractivity (Wildman–Crippen MR) is 91.4 cm³/mol. The smallest absolute Gasteiger partial charge is 0.203 e. The average molecular weight is 315 g/mol. The van der Waals surface area contributed by atoms with Crippen LogP contribution in [-0.2, 0) is 5.41 Å². The molecule has 0 radical (unpaired) electrons. The summed E-state index contributed by atoms with van der Waals surface area (Å²) < 4.78 is 4.45. The normalized spacial score (nSPS) is 13.5. The summed E-state index contributed by atoms with van der Waals surface area (Å²) in [7, 11) is 0. The third-order valence-corrected chi connectivity index (χ3v) is 4.19. The van der Waals surface area contributed by atoms with Gasteiger partial charge in [-0.15, -0.1) is 0 Å². The molecule has 2 heterocycles. The Labute approximate surface area is 134 Å². The zero-order valence-electron chi connectivity index (χ0n) is 13.3. The van der Waals surface area contributed by atoms with Crippen LogP contribution in [0.2, 0.25) is 0 Å². The third kappa shape index (κ3) is 2.97. The molecule has 0 aliphatic carbocycles. The highest BCUT2D eigenvalue weighted by molar-refractivity contribution is 7.09. The van der Waals surface area contributed by atoms with Gasteiger partial charge in [0.05, 0.1) is 17.1 Å². The highest BCUT2D eigenvalue weighted by Gasteiger charge is 2.21. The lowest BCUT2D eigenvalue weighted by molar-refractivity contribution is 0.554. The zero-order chi connectivity index (χ0) is 15.7. The fourth-order valence-electron chi connectivity index (χ4n) is 2.24. The van der Waals surface area contributed by atoms with Gasteiger partial charge in [-0.25, -0.2) is 9.97 Å².